The average Bonchev–Trinajstić information content (AvgIpc) is 3.21. The van der Waals surface area contributed by atoms with Crippen LogP contribution in [0.1, 0.15) is 42.5 Å². The van der Waals surface area contributed by atoms with Crippen molar-refractivity contribution in [1.82, 2.24) is 9.55 Å². The highest BCUT2D eigenvalue weighted by molar-refractivity contribution is 7.32. The molecule has 0 saturated heterocycles. The minimum absolute atomic E-state index is 0.0189. The number of hydrogen-bond acceptors (Lipinski definition) is 8. The van der Waals surface area contributed by atoms with E-state index >= 15 is 0 Å². The van der Waals surface area contributed by atoms with E-state index in [1.54, 1.807) is 17.6 Å². The van der Waals surface area contributed by atoms with Crippen molar-refractivity contribution in [3.05, 3.63) is 50.8 Å². The smallest absolute Gasteiger partial charge is 0.486 e. The van der Waals surface area contributed by atoms with E-state index in [1.165, 1.54) is 0 Å². The van der Waals surface area contributed by atoms with Gasteiger partial charge in [0.25, 0.3) is 5.56 Å². The molecule has 0 bridgehead atoms. The fraction of sp³-hybridized carbons (Fsp3) is 0.375. The summed E-state index contributed by atoms with van der Waals surface area (Å²) in [4.78, 5) is 40.8. The lowest BCUT2D eigenvalue weighted by atomic mass is 9.86. The van der Waals surface area contributed by atoms with E-state index in [9.17, 15) is 19.0 Å². The SMILES string of the molecule is CCc1c2c(nc3cc4c(cc13)OCCO4)-c1cc3c(c(=O)n1C2)COC(=O)[C@@]3(CC)O[P+](=O)O. The van der Waals surface area contributed by atoms with Gasteiger partial charge in [0.15, 0.2) is 11.5 Å². The van der Waals surface area contributed by atoms with Crippen molar-refractivity contribution in [1.29, 1.82) is 0 Å². The van der Waals surface area contributed by atoms with Gasteiger partial charge in [-0.15, -0.1) is 4.89 Å². The van der Waals surface area contributed by atoms with Crippen LogP contribution in [0, 0.1) is 0 Å². The number of rotatable bonds is 4. The van der Waals surface area contributed by atoms with Crippen LogP contribution in [0.2, 0.25) is 0 Å². The molecule has 5 heterocycles. The molecule has 3 aromatic rings. The lowest BCUT2D eigenvalue weighted by Crippen LogP contribution is -2.45. The maximum absolute atomic E-state index is 13.6. The number of cyclic esters (lactones) is 1. The lowest BCUT2D eigenvalue weighted by molar-refractivity contribution is -0.169. The van der Waals surface area contributed by atoms with Gasteiger partial charge in [-0.2, -0.15) is 0 Å². The third-order valence-electron chi connectivity index (χ3n) is 7.02. The fourth-order valence-electron chi connectivity index (χ4n) is 5.38. The minimum atomic E-state index is -3.13. The summed E-state index contributed by atoms with van der Waals surface area (Å²) in [5.41, 5.74) is 2.13. The number of hydrogen-bond donors (Lipinski definition) is 1. The summed E-state index contributed by atoms with van der Waals surface area (Å²) in [6.07, 6.45) is 0.725. The van der Waals surface area contributed by atoms with Gasteiger partial charge in [0, 0.05) is 27.1 Å². The van der Waals surface area contributed by atoms with Crippen molar-refractivity contribution in [3.63, 3.8) is 0 Å². The molecule has 2 atom stereocenters. The molecule has 1 N–H and O–H groups in total. The molecule has 0 fully saturated rings. The number of aryl methyl sites for hydroxylation is 1. The normalized spacial score (nSPS) is 20.2. The topological polar surface area (TPSA) is 126 Å². The number of carbonyl (C=O) groups is 1. The number of pyridine rings is 2. The van der Waals surface area contributed by atoms with Crippen LogP contribution in [0.5, 0.6) is 11.5 Å². The van der Waals surface area contributed by atoms with Crippen LogP contribution in [0.15, 0.2) is 23.0 Å². The Hall–Kier alpha value is -3.33. The third-order valence-corrected chi connectivity index (χ3v) is 7.49. The van der Waals surface area contributed by atoms with Crippen molar-refractivity contribution in [3.8, 4) is 22.9 Å². The highest BCUT2D eigenvalue weighted by Crippen LogP contribution is 2.46. The molecular formula is C24H22N2O8P+. The third kappa shape index (κ3) is 3.07. The molecule has 0 aliphatic carbocycles. The molecule has 2 aromatic heterocycles. The number of esters is 1. The molecule has 11 heteroatoms. The molecule has 0 spiro atoms. The summed E-state index contributed by atoms with van der Waals surface area (Å²) in [5.74, 6) is 0.492. The largest absolute Gasteiger partial charge is 0.696 e. The van der Waals surface area contributed by atoms with E-state index in [-0.39, 0.29) is 29.7 Å². The first-order valence-electron chi connectivity index (χ1n) is 11.4. The van der Waals surface area contributed by atoms with Crippen molar-refractivity contribution in [2.75, 3.05) is 13.2 Å². The Morgan fingerprint density at radius 2 is 1.86 bits per heavy atom. The number of carbonyl (C=O) groups excluding carboxylic acids is 1. The van der Waals surface area contributed by atoms with Gasteiger partial charge >= 0.3 is 14.2 Å². The Bertz CT molecular complexity index is 1510. The Balaban J connectivity index is 1.62. The standard InChI is InChI=1S/C24H21N2O8P/c1-3-12-13-7-19-20(32-6-5-31-19)9-17(13)25-21-14(12)10-26-18(21)8-16-15(22(26)27)11-33-23(28)24(16,4-2)34-35(29)30/h7-9H,3-6,10-11H2,1-2H3/p+1/t24-/m0/s1. The van der Waals surface area contributed by atoms with E-state index in [1.807, 2.05) is 19.1 Å². The predicted octanol–water partition coefficient (Wildman–Crippen LogP) is 3.09. The van der Waals surface area contributed by atoms with Crippen LogP contribution in [0.3, 0.4) is 0 Å². The Kier molecular flexibility index (Phi) is 4.96. The average molecular weight is 497 g/mol. The summed E-state index contributed by atoms with van der Waals surface area (Å²) < 4.78 is 35.2. The molecule has 1 unspecified atom stereocenters. The summed E-state index contributed by atoms with van der Waals surface area (Å²) >= 11 is 0. The molecule has 3 aliphatic heterocycles. The van der Waals surface area contributed by atoms with Gasteiger partial charge in [0.2, 0.25) is 5.60 Å². The molecule has 3 aliphatic rings. The number of aromatic nitrogens is 2. The Morgan fingerprint density at radius 1 is 1.11 bits per heavy atom. The van der Waals surface area contributed by atoms with Crippen LogP contribution < -0.4 is 15.0 Å². The zero-order chi connectivity index (χ0) is 24.5. The molecule has 6 rings (SSSR count). The second-order valence-electron chi connectivity index (χ2n) is 8.68. The quantitative estimate of drug-likeness (QED) is 0.334. The molecule has 0 saturated carbocycles. The first-order chi connectivity index (χ1) is 16.9. The number of fused-ring (bicyclic) bond motifs is 6. The first-order valence-corrected chi connectivity index (χ1v) is 12.6. The zero-order valence-electron chi connectivity index (χ0n) is 19.1. The molecule has 10 nitrogen and oxygen atoms in total. The van der Waals surface area contributed by atoms with Crippen molar-refractivity contribution in [2.45, 2.75) is 45.4 Å². The fourth-order valence-corrected chi connectivity index (χ4v) is 5.94. The van der Waals surface area contributed by atoms with Crippen LogP contribution >= 0.6 is 8.25 Å². The van der Waals surface area contributed by atoms with Crippen molar-refractivity contribution in [2.24, 2.45) is 0 Å². The van der Waals surface area contributed by atoms with Gasteiger partial charge in [-0.1, -0.05) is 18.4 Å². The monoisotopic (exact) mass is 497 g/mol. The highest BCUT2D eigenvalue weighted by Gasteiger charge is 2.54. The second kappa shape index (κ2) is 7.84. The van der Waals surface area contributed by atoms with E-state index in [0.717, 1.165) is 16.5 Å². The van der Waals surface area contributed by atoms with Crippen LogP contribution in [0.25, 0.3) is 22.3 Å². The number of nitrogens with zero attached hydrogens (tertiary/aromatic N) is 2. The van der Waals surface area contributed by atoms with Crippen molar-refractivity contribution >= 4 is 25.1 Å². The maximum atomic E-state index is 13.6. The predicted molar refractivity (Wildman–Crippen MR) is 124 cm³/mol. The van der Waals surface area contributed by atoms with E-state index < -0.39 is 19.8 Å². The molecule has 35 heavy (non-hydrogen) atoms. The van der Waals surface area contributed by atoms with Gasteiger partial charge in [0.1, 0.15) is 19.8 Å². The van der Waals surface area contributed by atoms with E-state index in [4.69, 9.17) is 23.7 Å². The molecule has 180 valence electrons. The summed E-state index contributed by atoms with van der Waals surface area (Å²) in [6, 6.07) is 5.46. The van der Waals surface area contributed by atoms with E-state index in [0.29, 0.717) is 54.6 Å². The summed E-state index contributed by atoms with van der Waals surface area (Å²) in [6.45, 7) is 4.71. The summed E-state index contributed by atoms with van der Waals surface area (Å²) in [7, 11) is -3.13. The maximum Gasteiger partial charge on any atom is 0.696 e. The Morgan fingerprint density at radius 3 is 2.54 bits per heavy atom. The van der Waals surface area contributed by atoms with Crippen LogP contribution in [-0.4, -0.2) is 33.6 Å². The van der Waals surface area contributed by atoms with Crippen LogP contribution in [-0.2, 0) is 43.8 Å². The van der Waals surface area contributed by atoms with Gasteiger partial charge in [0.05, 0.1) is 29.0 Å². The van der Waals surface area contributed by atoms with Gasteiger partial charge < -0.3 is 18.8 Å². The number of ether oxygens (including phenoxy) is 3. The van der Waals surface area contributed by atoms with Gasteiger partial charge in [-0.05, 0) is 30.5 Å². The molecular weight excluding hydrogens is 475 g/mol. The van der Waals surface area contributed by atoms with E-state index in [2.05, 4.69) is 0 Å². The number of benzene rings is 1. The van der Waals surface area contributed by atoms with Crippen molar-refractivity contribution < 1.29 is 33.0 Å². The molecule has 0 amide bonds. The van der Waals surface area contributed by atoms with Gasteiger partial charge in [-0.3, -0.25) is 4.79 Å². The first kappa shape index (κ1) is 22.2. The van der Waals surface area contributed by atoms with Gasteiger partial charge in [-0.25, -0.2) is 9.78 Å². The lowest BCUT2D eigenvalue weighted by Gasteiger charge is -2.31. The Labute approximate surface area is 200 Å². The van der Waals surface area contributed by atoms with Crippen LogP contribution in [0.4, 0.5) is 0 Å². The second-order valence-corrected chi connectivity index (χ2v) is 9.34. The minimum Gasteiger partial charge on any atom is -0.486 e. The molecule has 0 radical (unpaired) electrons. The zero-order valence-corrected chi connectivity index (χ0v) is 20.0. The highest BCUT2D eigenvalue weighted by atomic mass is 31.1. The summed E-state index contributed by atoms with van der Waals surface area (Å²) in [5, 5.41) is 0.933. The molecule has 1 aromatic carbocycles.